The highest BCUT2D eigenvalue weighted by Crippen LogP contribution is 2.32. The second-order valence-corrected chi connectivity index (χ2v) is 6.81. The molecular weight excluding hydrogens is 298 g/mol. The first-order chi connectivity index (χ1) is 11.6. The van der Waals surface area contributed by atoms with E-state index in [-0.39, 0.29) is 17.9 Å². The van der Waals surface area contributed by atoms with Crippen molar-refractivity contribution >= 4 is 5.91 Å². The molecule has 1 saturated carbocycles. The van der Waals surface area contributed by atoms with Crippen LogP contribution in [-0.2, 0) is 4.79 Å². The molecule has 0 bridgehead atoms. The zero-order valence-corrected chi connectivity index (χ0v) is 14.6. The van der Waals surface area contributed by atoms with Crippen LogP contribution >= 0.6 is 0 Å². The number of rotatable bonds is 6. The van der Waals surface area contributed by atoms with E-state index >= 15 is 0 Å². The zero-order chi connectivity index (χ0) is 17.1. The zero-order valence-electron chi connectivity index (χ0n) is 14.6. The van der Waals surface area contributed by atoms with Crippen LogP contribution in [-0.4, -0.2) is 13.0 Å². The molecule has 2 aromatic carbocycles. The van der Waals surface area contributed by atoms with Gasteiger partial charge in [-0.15, -0.1) is 0 Å². The van der Waals surface area contributed by atoms with Crippen molar-refractivity contribution in [1.82, 2.24) is 5.32 Å². The van der Waals surface area contributed by atoms with E-state index in [1.165, 1.54) is 5.56 Å². The van der Waals surface area contributed by atoms with Crippen molar-refractivity contribution in [3.63, 3.8) is 0 Å². The van der Waals surface area contributed by atoms with E-state index in [4.69, 9.17) is 4.74 Å². The van der Waals surface area contributed by atoms with Gasteiger partial charge < -0.3 is 10.1 Å². The summed E-state index contributed by atoms with van der Waals surface area (Å²) in [4.78, 5) is 12.3. The Morgan fingerprint density at radius 2 is 1.71 bits per heavy atom. The lowest BCUT2D eigenvalue weighted by molar-refractivity contribution is -0.122. The van der Waals surface area contributed by atoms with Gasteiger partial charge in [-0.3, -0.25) is 4.79 Å². The van der Waals surface area contributed by atoms with Crippen molar-refractivity contribution in [3.8, 4) is 5.75 Å². The maximum absolute atomic E-state index is 12.3. The summed E-state index contributed by atoms with van der Waals surface area (Å²) < 4.78 is 5.34. The average Bonchev–Trinajstić information content (AvgIpc) is 3.45. The van der Waals surface area contributed by atoms with Gasteiger partial charge in [0.2, 0.25) is 5.91 Å². The highest BCUT2D eigenvalue weighted by molar-refractivity contribution is 5.81. The number of carbonyl (C=O) groups excluding carboxylic acids is 1. The van der Waals surface area contributed by atoms with Crippen LogP contribution < -0.4 is 10.1 Å². The molecule has 1 amide bonds. The molecule has 3 nitrogen and oxygen atoms in total. The molecule has 2 aromatic rings. The van der Waals surface area contributed by atoms with Crippen LogP contribution in [0.4, 0.5) is 0 Å². The standard InChI is InChI=1S/C21H25NO2/c1-14(2)15-7-9-16(10-8-15)20(22-21(23)17-11-12-17)18-5-4-6-19(13-18)24-3/h4-10,13-14,17,20H,11-12H2,1-3H3,(H,22,23). The molecule has 1 aliphatic rings. The molecule has 1 aliphatic carbocycles. The fourth-order valence-electron chi connectivity index (χ4n) is 2.86. The van der Waals surface area contributed by atoms with Gasteiger partial charge in [0.1, 0.15) is 5.75 Å². The van der Waals surface area contributed by atoms with Crippen LogP contribution in [0.25, 0.3) is 0 Å². The fourth-order valence-corrected chi connectivity index (χ4v) is 2.86. The van der Waals surface area contributed by atoms with Gasteiger partial charge in [0, 0.05) is 5.92 Å². The number of benzene rings is 2. The first-order valence-corrected chi connectivity index (χ1v) is 8.62. The Labute approximate surface area is 144 Å². The number of methoxy groups -OCH3 is 1. The topological polar surface area (TPSA) is 38.3 Å². The van der Waals surface area contributed by atoms with Crippen LogP contribution in [0.3, 0.4) is 0 Å². The van der Waals surface area contributed by atoms with Crippen molar-refractivity contribution in [3.05, 3.63) is 65.2 Å². The van der Waals surface area contributed by atoms with Gasteiger partial charge >= 0.3 is 0 Å². The predicted molar refractivity (Wildman–Crippen MR) is 96.2 cm³/mol. The molecule has 0 spiro atoms. The summed E-state index contributed by atoms with van der Waals surface area (Å²) in [7, 11) is 1.66. The minimum Gasteiger partial charge on any atom is -0.497 e. The first-order valence-electron chi connectivity index (χ1n) is 8.62. The minimum absolute atomic E-state index is 0.144. The van der Waals surface area contributed by atoms with Gasteiger partial charge in [-0.1, -0.05) is 50.2 Å². The molecule has 0 saturated heterocycles. The van der Waals surface area contributed by atoms with Gasteiger partial charge in [0.15, 0.2) is 0 Å². The maximum atomic E-state index is 12.3. The van der Waals surface area contributed by atoms with E-state index in [2.05, 4.69) is 43.4 Å². The largest absolute Gasteiger partial charge is 0.497 e. The average molecular weight is 323 g/mol. The molecule has 1 atom stereocenters. The summed E-state index contributed by atoms with van der Waals surface area (Å²) in [6, 6.07) is 16.3. The minimum atomic E-state index is -0.144. The quantitative estimate of drug-likeness (QED) is 0.854. The van der Waals surface area contributed by atoms with Crippen molar-refractivity contribution in [2.24, 2.45) is 5.92 Å². The monoisotopic (exact) mass is 323 g/mol. The molecule has 1 unspecified atom stereocenters. The molecule has 0 aliphatic heterocycles. The lowest BCUT2D eigenvalue weighted by Gasteiger charge is -2.21. The Kier molecular flexibility index (Phi) is 4.89. The van der Waals surface area contributed by atoms with Crippen molar-refractivity contribution in [2.75, 3.05) is 7.11 Å². The second kappa shape index (κ2) is 7.08. The number of ether oxygens (including phenoxy) is 1. The van der Waals surface area contributed by atoms with Crippen molar-refractivity contribution in [1.29, 1.82) is 0 Å². The summed E-state index contributed by atoms with van der Waals surface area (Å²) >= 11 is 0. The fraction of sp³-hybridized carbons (Fsp3) is 0.381. The maximum Gasteiger partial charge on any atom is 0.223 e. The van der Waals surface area contributed by atoms with E-state index in [0.717, 1.165) is 29.7 Å². The molecule has 0 radical (unpaired) electrons. The molecule has 126 valence electrons. The SMILES string of the molecule is COc1cccc(C(NC(=O)C2CC2)c2ccc(C(C)C)cc2)c1. The molecule has 0 heterocycles. The molecule has 3 heteroatoms. The summed E-state index contributed by atoms with van der Waals surface area (Å²) in [5.74, 6) is 1.64. The summed E-state index contributed by atoms with van der Waals surface area (Å²) in [6.45, 7) is 4.37. The summed E-state index contributed by atoms with van der Waals surface area (Å²) in [5.41, 5.74) is 3.44. The molecule has 24 heavy (non-hydrogen) atoms. The molecule has 3 rings (SSSR count). The first kappa shape index (κ1) is 16.6. The number of hydrogen-bond donors (Lipinski definition) is 1. The van der Waals surface area contributed by atoms with E-state index in [0.29, 0.717) is 5.92 Å². The number of hydrogen-bond acceptors (Lipinski definition) is 2. The van der Waals surface area contributed by atoms with Gasteiger partial charge in [-0.25, -0.2) is 0 Å². The second-order valence-electron chi connectivity index (χ2n) is 6.81. The van der Waals surface area contributed by atoms with Gasteiger partial charge in [0.25, 0.3) is 0 Å². The van der Waals surface area contributed by atoms with Crippen LogP contribution in [0.1, 0.15) is 55.3 Å². The normalized spacial score (nSPS) is 15.2. The van der Waals surface area contributed by atoms with E-state index in [1.54, 1.807) is 7.11 Å². The van der Waals surface area contributed by atoms with Gasteiger partial charge in [-0.05, 0) is 47.6 Å². The summed E-state index contributed by atoms with van der Waals surface area (Å²) in [6.07, 6.45) is 2.01. The molecular formula is C21H25NO2. The van der Waals surface area contributed by atoms with Crippen LogP contribution in [0, 0.1) is 5.92 Å². The number of carbonyl (C=O) groups is 1. The Morgan fingerprint density at radius 3 is 2.29 bits per heavy atom. The predicted octanol–water partition coefficient (Wildman–Crippen LogP) is 4.43. The Morgan fingerprint density at radius 1 is 1.04 bits per heavy atom. The van der Waals surface area contributed by atoms with E-state index in [1.807, 2.05) is 24.3 Å². The van der Waals surface area contributed by atoms with Crippen LogP contribution in [0.5, 0.6) is 5.75 Å². The van der Waals surface area contributed by atoms with E-state index in [9.17, 15) is 4.79 Å². The molecule has 1 fully saturated rings. The Balaban J connectivity index is 1.92. The molecule has 1 N–H and O–H groups in total. The van der Waals surface area contributed by atoms with Crippen LogP contribution in [0.2, 0.25) is 0 Å². The van der Waals surface area contributed by atoms with Crippen LogP contribution in [0.15, 0.2) is 48.5 Å². The smallest absolute Gasteiger partial charge is 0.223 e. The highest BCUT2D eigenvalue weighted by atomic mass is 16.5. The summed E-state index contributed by atoms with van der Waals surface area (Å²) in [5, 5.41) is 3.22. The third-order valence-corrected chi connectivity index (χ3v) is 4.60. The molecule has 0 aromatic heterocycles. The van der Waals surface area contributed by atoms with Gasteiger partial charge in [0.05, 0.1) is 13.2 Å². The lowest BCUT2D eigenvalue weighted by Crippen LogP contribution is -2.30. The Bertz CT molecular complexity index is 702. The highest BCUT2D eigenvalue weighted by Gasteiger charge is 2.31. The third kappa shape index (κ3) is 3.78. The van der Waals surface area contributed by atoms with Gasteiger partial charge in [-0.2, -0.15) is 0 Å². The number of amides is 1. The lowest BCUT2D eigenvalue weighted by atomic mass is 9.95. The third-order valence-electron chi connectivity index (χ3n) is 4.60. The Hall–Kier alpha value is -2.29. The van der Waals surface area contributed by atoms with E-state index < -0.39 is 0 Å². The van der Waals surface area contributed by atoms with Crippen molar-refractivity contribution in [2.45, 2.75) is 38.6 Å². The number of nitrogens with one attached hydrogen (secondary N) is 1. The van der Waals surface area contributed by atoms with Crippen molar-refractivity contribution < 1.29 is 9.53 Å².